The van der Waals surface area contributed by atoms with Crippen LogP contribution < -0.4 is 14.8 Å². The van der Waals surface area contributed by atoms with Crippen LogP contribution in [0.5, 0.6) is 11.5 Å². The molecule has 3 aliphatic heterocycles. The number of carbonyl (C=O) groups is 2. The fourth-order valence-electron chi connectivity index (χ4n) is 5.42. The lowest BCUT2D eigenvalue weighted by Crippen LogP contribution is -2.46. The third kappa shape index (κ3) is 5.45. The predicted octanol–water partition coefficient (Wildman–Crippen LogP) is 4.05. The van der Waals surface area contributed by atoms with E-state index in [-0.39, 0.29) is 18.6 Å². The van der Waals surface area contributed by atoms with E-state index in [0.29, 0.717) is 23.8 Å². The molecule has 7 nitrogen and oxygen atoms in total. The Balaban J connectivity index is 1.08. The SMILES string of the molecule is Cc1cc2c(cc1C)CN(C(=O)C1CCCN(CCCC(=O)Nc3ccc4c(c3)OCO4)C1)CC2. The Kier molecular flexibility index (Phi) is 6.95. The van der Waals surface area contributed by atoms with Crippen LogP contribution in [0.1, 0.15) is 47.9 Å². The Hall–Kier alpha value is -3.06. The molecule has 3 heterocycles. The van der Waals surface area contributed by atoms with Crippen molar-refractivity contribution < 1.29 is 19.1 Å². The number of hydrogen-bond acceptors (Lipinski definition) is 5. The van der Waals surface area contributed by atoms with Gasteiger partial charge in [0.2, 0.25) is 18.6 Å². The lowest BCUT2D eigenvalue weighted by molar-refractivity contribution is -0.138. The number of piperidine rings is 1. The molecule has 186 valence electrons. The Morgan fingerprint density at radius 3 is 2.69 bits per heavy atom. The minimum absolute atomic E-state index is 0.00832. The number of amides is 2. The van der Waals surface area contributed by atoms with Crippen LogP contribution >= 0.6 is 0 Å². The van der Waals surface area contributed by atoms with Crippen LogP contribution in [-0.2, 0) is 22.6 Å². The lowest BCUT2D eigenvalue weighted by Gasteiger charge is -2.37. The van der Waals surface area contributed by atoms with Crippen LogP contribution in [0.25, 0.3) is 0 Å². The molecule has 0 bridgehead atoms. The van der Waals surface area contributed by atoms with E-state index in [0.717, 1.165) is 64.1 Å². The number of rotatable bonds is 6. The van der Waals surface area contributed by atoms with Crippen molar-refractivity contribution in [3.05, 3.63) is 52.6 Å². The van der Waals surface area contributed by atoms with E-state index in [4.69, 9.17) is 9.47 Å². The number of carbonyl (C=O) groups excluding carboxylic acids is 2. The van der Waals surface area contributed by atoms with Crippen molar-refractivity contribution in [2.45, 2.75) is 52.5 Å². The van der Waals surface area contributed by atoms with Gasteiger partial charge in [0, 0.05) is 37.8 Å². The standard InChI is InChI=1S/C28H35N3O4/c1-19-13-21-9-12-31(17-23(21)14-20(19)2)28(33)22-5-3-10-30(16-22)11-4-6-27(32)29-24-7-8-25-26(15-24)35-18-34-25/h7-8,13-15,22H,3-6,9-12,16-18H2,1-2H3,(H,29,32). The summed E-state index contributed by atoms with van der Waals surface area (Å²) < 4.78 is 10.7. The first-order valence-electron chi connectivity index (χ1n) is 12.8. The first kappa shape index (κ1) is 23.7. The van der Waals surface area contributed by atoms with Gasteiger partial charge in [0.05, 0.1) is 5.92 Å². The van der Waals surface area contributed by atoms with Crippen LogP contribution in [0.15, 0.2) is 30.3 Å². The smallest absolute Gasteiger partial charge is 0.231 e. The first-order valence-corrected chi connectivity index (χ1v) is 12.8. The molecule has 5 rings (SSSR count). The zero-order chi connectivity index (χ0) is 24.4. The molecule has 0 radical (unpaired) electrons. The fourth-order valence-corrected chi connectivity index (χ4v) is 5.42. The van der Waals surface area contributed by atoms with Crippen LogP contribution in [0.3, 0.4) is 0 Å². The summed E-state index contributed by atoms with van der Waals surface area (Å²) in [4.78, 5) is 30.2. The highest BCUT2D eigenvalue weighted by molar-refractivity contribution is 5.91. The summed E-state index contributed by atoms with van der Waals surface area (Å²) in [5.41, 5.74) is 6.03. The third-order valence-electron chi connectivity index (χ3n) is 7.53. The molecular weight excluding hydrogens is 442 g/mol. The molecule has 3 aliphatic rings. The van der Waals surface area contributed by atoms with E-state index in [1.807, 2.05) is 12.1 Å². The topological polar surface area (TPSA) is 71.1 Å². The molecule has 35 heavy (non-hydrogen) atoms. The van der Waals surface area contributed by atoms with Crippen molar-refractivity contribution in [3.8, 4) is 11.5 Å². The zero-order valence-electron chi connectivity index (χ0n) is 20.8. The number of hydrogen-bond donors (Lipinski definition) is 1. The maximum absolute atomic E-state index is 13.3. The van der Waals surface area contributed by atoms with Gasteiger partial charge in [-0.15, -0.1) is 0 Å². The Bertz CT molecular complexity index is 1120. The normalized spacial score (nSPS) is 19.4. The molecule has 1 saturated heterocycles. The van der Waals surface area contributed by atoms with Crippen molar-refractivity contribution >= 4 is 17.5 Å². The number of nitrogens with one attached hydrogen (secondary N) is 1. The van der Waals surface area contributed by atoms with E-state index in [1.54, 1.807) is 6.07 Å². The van der Waals surface area contributed by atoms with Gasteiger partial charge in [-0.3, -0.25) is 9.59 Å². The van der Waals surface area contributed by atoms with Gasteiger partial charge in [0.25, 0.3) is 0 Å². The molecule has 2 aromatic rings. The summed E-state index contributed by atoms with van der Waals surface area (Å²) in [6.07, 6.45) is 4.15. The maximum Gasteiger partial charge on any atom is 0.231 e. The molecule has 1 fully saturated rings. The predicted molar refractivity (Wildman–Crippen MR) is 135 cm³/mol. The van der Waals surface area contributed by atoms with Crippen molar-refractivity contribution in [1.82, 2.24) is 9.80 Å². The largest absolute Gasteiger partial charge is 0.454 e. The van der Waals surface area contributed by atoms with Crippen molar-refractivity contribution in [2.75, 3.05) is 38.3 Å². The van der Waals surface area contributed by atoms with Gasteiger partial charge in [-0.25, -0.2) is 0 Å². The van der Waals surface area contributed by atoms with Gasteiger partial charge in [0.15, 0.2) is 11.5 Å². The number of benzene rings is 2. The molecule has 0 spiro atoms. The number of anilines is 1. The summed E-state index contributed by atoms with van der Waals surface area (Å²) in [6, 6.07) is 9.98. The highest BCUT2D eigenvalue weighted by Crippen LogP contribution is 2.34. The fraction of sp³-hybridized carbons (Fsp3) is 0.500. The molecule has 0 saturated carbocycles. The van der Waals surface area contributed by atoms with Crippen molar-refractivity contribution in [3.63, 3.8) is 0 Å². The van der Waals surface area contributed by atoms with Gasteiger partial charge >= 0.3 is 0 Å². The highest BCUT2D eigenvalue weighted by atomic mass is 16.7. The number of aryl methyl sites for hydroxylation is 2. The summed E-state index contributed by atoms with van der Waals surface area (Å²) >= 11 is 0. The van der Waals surface area contributed by atoms with E-state index >= 15 is 0 Å². The molecular formula is C28H35N3O4. The Morgan fingerprint density at radius 1 is 1.03 bits per heavy atom. The average Bonchev–Trinajstić information content (AvgIpc) is 3.32. The lowest BCUT2D eigenvalue weighted by atomic mass is 9.92. The van der Waals surface area contributed by atoms with E-state index in [1.165, 1.54) is 22.3 Å². The summed E-state index contributed by atoms with van der Waals surface area (Å²) in [5, 5.41) is 2.94. The monoisotopic (exact) mass is 477 g/mol. The molecule has 7 heteroatoms. The summed E-state index contributed by atoms with van der Waals surface area (Å²) in [6.45, 7) is 8.68. The molecule has 0 aliphatic carbocycles. The molecule has 2 aromatic carbocycles. The molecule has 1 N–H and O–H groups in total. The second kappa shape index (κ2) is 10.3. The van der Waals surface area contributed by atoms with Crippen LogP contribution in [0.4, 0.5) is 5.69 Å². The van der Waals surface area contributed by atoms with E-state index in [2.05, 4.69) is 41.1 Å². The summed E-state index contributed by atoms with van der Waals surface area (Å²) in [7, 11) is 0. The molecule has 1 atom stereocenters. The third-order valence-corrected chi connectivity index (χ3v) is 7.53. The minimum atomic E-state index is -0.00832. The number of nitrogens with zero attached hydrogens (tertiary/aromatic N) is 2. The van der Waals surface area contributed by atoms with Crippen molar-refractivity contribution in [2.24, 2.45) is 5.92 Å². The highest BCUT2D eigenvalue weighted by Gasteiger charge is 2.31. The molecule has 0 aromatic heterocycles. The number of likely N-dealkylation sites (tertiary alicyclic amines) is 1. The van der Waals surface area contributed by atoms with Gasteiger partial charge in [-0.1, -0.05) is 12.1 Å². The van der Waals surface area contributed by atoms with Gasteiger partial charge in [-0.2, -0.15) is 0 Å². The quantitative estimate of drug-likeness (QED) is 0.680. The Morgan fingerprint density at radius 2 is 1.83 bits per heavy atom. The van der Waals surface area contributed by atoms with Gasteiger partial charge in [0.1, 0.15) is 0 Å². The van der Waals surface area contributed by atoms with E-state index < -0.39 is 0 Å². The minimum Gasteiger partial charge on any atom is -0.454 e. The van der Waals surface area contributed by atoms with Crippen LogP contribution in [0.2, 0.25) is 0 Å². The number of ether oxygens (including phenoxy) is 2. The van der Waals surface area contributed by atoms with Crippen LogP contribution in [0, 0.1) is 19.8 Å². The Labute approximate surface area is 207 Å². The first-order chi connectivity index (χ1) is 17.0. The maximum atomic E-state index is 13.3. The van der Waals surface area contributed by atoms with Gasteiger partial charge < -0.3 is 24.6 Å². The van der Waals surface area contributed by atoms with Gasteiger partial charge in [-0.05, 0) is 87.0 Å². The molecule has 2 amide bonds. The molecule has 1 unspecified atom stereocenters. The van der Waals surface area contributed by atoms with E-state index in [9.17, 15) is 9.59 Å². The second-order valence-electron chi connectivity index (χ2n) is 10.1. The van der Waals surface area contributed by atoms with Crippen molar-refractivity contribution in [1.29, 1.82) is 0 Å². The zero-order valence-corrected chi connectivity index (χ0v) is 20.8. The second-order valence-corrected chi connectivity index (χ2v) is 10.1. The van der Waals surface area contributed by atoms with Crippen LogP contribution in [-0.4, -0.2) is 54.6 Å². The summed E-state index contributed by atoms with van der Waals surface area (Å²) in [5.74, 6) is 1.70. The average molecular weight is 478 g/mol. The number of fused-ring (bicyclic) bond motifs is 2.